The monoisotopic (exact) mass is 313 g/mol. The Kier molecular flexibility index (Phi) is 4.06. The van der Waals surface area contributed by atoms with E-state index in [0.717, 1.165) is 21.0 Å². The van der Waals surface area contributed by atoms with E-state index in [1.165, 1.54) is 6.07 Å². The lowest BCUT2D eigenvalue weighted by Gasteiger charge is -2.05. The van der Waals surface area contributed by atoms with Crippen molar-refractivity contribution in [3.63, 3.8) is 0 Å². The zero-order valence-electron chi connectivity index (χ0n) is 12.3. The van der Waals surface area contributed by atoms with E-state index in [1.54, 1.807) is 23.5 Å². The molecular weight excluding hydrogens is 298 g/mol. The molecule has 0 fully saturated rings. The van der Waals surface area contributed by atoms with Gasteiger partial charge in [0.1, 0.15) is 22.9 Å². The summed E-state index contributed by atoms with van der Waals surface area (Å²) in [6.45, 7) is 4.39. The Morgan fingerprint density at radius 3 is 2.95 bits per heavy atom. The second-order valence-electron chi connectivity index (χ2n) is 4.80. The zero-order chi connectivity index (χ0) is 15.5. The molecule has 2 aromatic heterocycles. The third-order valence-corrected chi connectivity index (χ3v) is 4.28. The molecule has 0 spiro atoms. The number of aromatic nitrogens is 1. The third-order valence-electron chi connectivity index (χ3n) is 3.18. The molecule has 0 unspecified atom stereocenters. The molecule has 0 aliphatic carbocycles. The van der Waals surface area contributed by atoms with Crippen molar-refractivity contribution in [2.24, 2.45) is 0 Å². The van der Waals surface area contributed by atoms with E-state index < -0.39 is 0 Å². The van der Waals surface area contributed by atoms with Gasteiger partial charge in [0.2, 0.25) is 0 Å². The van der Waals surface area contributed by atoms with Gasteiger partial charge in [-0.05, 0) is 38.1 Å². The minimum absolute atomic E-state index is 0.362. The maximum atomic E-state index is 11.3. The average molecular weight is 313 g/mol. The summed E-state index contributed by atoms with van der Waals surface area (Å²) in [5, 5.41) is 1.85. The maximum Gasteiger partial charge on any atom is 0.336 e. The smallest absolute Gasteiger partial charge is 0.336 e. The van der Waals surface area contributed by atoms with Crippen LogP contribution in [0, 0.1) is 6.92 Å². The van der Waals surface area contributed by atoms with Crippen LogP contribution in [-0.2, 0) is 6.61 Å². The number of benzene rings is 1. The molecule has 2 heterocycles. The van der Waals surface area contributed by atoms with Crippen LogP contribution in [0.5, 0.6) is 5.75 Å². The van der Waals surface area contributed by atoms with Gasteiger partial charge in [0, 0.05) is 17.5 Å². The molecule has 1 aromatic carbocycles. The van der Waals surface area contributed by atoms with Gasteiger partial charge < -0.3 is 9.15 Å². The van der Waals surface area contributed by atoms with Crippen molar-refractivity contribution in [3.8, 4) is 5.75 Å². The molecule has 3 rings (SSSR count). The van der Waals surface area contributed by atoms with Gasteiger partial charge >= 0.3 is 5.63 Å². The highest BCUT2D eigenvalue weighted by Crippen LogP contribution is 2.24. The summed E-state index contributed by atoms with van der Waals surface area (Å²) in [6, 6.07) is 8.62. The molecule has 0 aliphatic heterocycles. The summed E-state index contributed by atoms with van der Waals surface area (Å²) in [6.07, 6.45) is 3.94. The number of hydrogen-bond acceptors (Lipinski definition) is 5. The van der Waals surface area contributed by atoms with Crippen molar-refractivity contribution in [3.05, 3.63) is 62.4 Å². The van der Waals surface area contributed by atoms with Crippen molar-refractivity contribution in [1.29, 1.82) is 0 Å². The fourth-order valence-corrected chi connectivity index (χ4v) is 3.03. The van der Waals surface area contributed by atoms with E-state index in [0.29, 0.717) is 17.9 Å². The minimum Gasteiger partial charge on any atom is -0.488 e. The Bertz CT molecular complexity index is 892. The molecule has 0 aliphatic rings. The molecule has 5 heteroatoms. The summed E-state index contributed by atoms with van der Waals surface area (Å²) >= 11 is 1.61. The Hall–Kier alpha value is -2.40. The average Bonchev–Trinajstić information content (AvgIpc) is 2.85. The number of thiazole rings is 1. The van der Waals surface area contributed by atoms with Gasteiger partial charge in [0.25, 0.3) is 0 Å². The van der Waals surface area contributed by atoms with Crippen LogP contribution < -0.4 is 10.4 Å². The normalized spacial score (nSPS) is 11.4. The Morgan fingerprint density at radius 1 is 1.32 bits per heavy atom. The number of nitrogens with zero attached hydrogens (tertiary/aromatic N) is 1. The van der Waals surface area contributed by atoms with Gasteiger partial charge in [-0.25, -0.2) is 9.78 Å². The van der Waals surface area contributed by atoms with Crippen LogP contribution >= 0.6 is 11.3 Å². The highest BCUT2D eigenvalue weighted by molar-refractivity contribution is 7.12. The molecule has 3 aromatic rings. The van der Waals surface area contributed by atoms with Crippen LogP contribution in [0.2, 0.25) is 0 Å². The van der Waals surface area contributed by atoms with Gasteiger partial charge in [-0.3, -0.25) is 0 Å². The van der Waals surface area contributed by atoms with E-state index in [1.807, 2.05) is 38.1 Å². The molecule has 0 saturated heterocycles. The van der Waals surface area contributed by atoms with E-state index in [-0.39, 0.29) is 5.63 Å². The fraction of sp³-hybridized carbons (Fsp3) is 0.176. The molecule has 0 atom stereocenters. The zero-order valence-corrected chi connectivity index (χ0v) is 13.1. The van der Waals surface area contributed by atoms with Crippen molar-refractivity contribution >= 4 is 28.4 Å². The first-order chi connectivity index (χ1) is 10.7. The van der Waals surface area contributed by atoms with Crippen LogP contribution in [0.4, 0.5) is 0 Å². The second-order valence-corrected chi connectivity index (χ2v) is 5.92. The van der Waals surface area contributed by atoms with Crippen molar-refractivity contribution < 1.29 is 9.15 Å². The highest BCUT2D eigenvalue weighted by Gasteiger charge is 2.07. The number of hydrogen-bond donors (Lipinski definition) is 0. The van der Waals surface area contributed by atoms with E-state index in [2.05, 4.69) is 4.98 Å². The minimum atomic E-state index is -0.362. The van der Waals surface area contributed by atoms with Crippen LogP contribution in [-0.4, -0.2) is 4.98 Å². The highest BCUT2D eigenvalue weighted by atomic mass is 32.1. The first kappa shape index (κ1) is 14.5. The van der Waals surface area contributed by atoms with Crippen LogP contribution in [0.15, 0.2) is 45.6 Å². The fourth-order valence-electron chi connectivity index (χ4n) is 2.08. The summed E-state index contributed by atoms with van der Waals surface area (Å²) in [4.78, 5) is 16.8. The topological polar surface area (TPSA) is 52.3 Å². The van der Waals surface area contributed by atoms with Gasteiger partial charge in [-0.1, -0.05) is 6.08 Å². The van der Waals surface area contributed by atoms with Crippen LogP contribution in [0.3, 0.4) is 0 Å². The van der Waals surface area contributed by atoms with Crippen LogP contribution in [0.25, 0.3) is 17.0 Å². The van der Waals surface area contributed by atoms with E-state index in [4.69, 9.17) is 9.15 Å². The summed E-state index contributed by atoms with van der Waals surface area (Å²) in [5.41, 5.74) is 1.14. The standard InChI is InChI=1S/C17H15NO3S/c1-3-4-16-18-11(2)15(22-16)10-20-13-7-5-12-6-8-17(19)21-14(12)9-13/h3-9H,10H2,1-2H3/b4-3+. The van der Waals surface area contributed by atoms with E-state index >= 15 is 0 Å². The van der Waals surface area contributed by atoms with E-state index in [9.17, 15) is 4.79 Å². The number of ether oxygens (including phenoxy) is 1. The molecule has 0 radical (unpaired) electrons. The van der Waals surface area contributed by atoms with Gasteiger partial charge in [-0.15, -0.1) is 11.3 Å². The molecule has 22 heavy (non-hydrogen) atoms. The lowest BCUT2D eigenvalue weighted by molar-refractivity contribution is 0.308. The third kappa shape index (κ3) is 3.09. The molecule has 0 bridgehead atoms. The number of fused-ring (bicyclic) bond motifs is 1. The molecule has 0 amide bonds. The lowest BCUT2D eigenvalue weighted by atomic mass is 10.2. The Labute approximate surface area is 131 Å². The summed E-state index contributed by atoms with van der Waals surface area (Å²) in [7, 11) is 0. The molecule has 0 N–H and O–H groups in total. The SMILES string of the molecule is C/C=C/c1nc(C)c(COc2ccc3ccc(=O)oc3c2)s1. The molecule has 112 valence electrons. The summed E-state index contributed by atoms with van der Waals surface area (Å²) in [5.74, 6) is 0.669. The molecule has 4 nitrogen and oxygen atoms in total. The summed E-state index contributed by atoms with van der Waals surface area (Å²) < 4.78 is 11.0. The number of rotatable bonds is 4. The van der Waals surface area contributed by atoms with Crippen LogP contribution in [0.1, 0.15) is 22.5 Å². The molecular formula is C17H15NO3S. The predicted molar refractivity (Wildman–Crippen MR) is 88.4 cm³/mol. The number of aryl methyl sites for hydroxylation is 1. The van der Waals surface area contributed by atoms with Gasteiger partial charge in [0.05, 0.1) is 10.6 Å². The first-order valence-electron chi connectivity index (χ1n) is 6.91. The predicted octanol–water partition coefficient (Wildman–Crippen LogP) is 4.17. The van der Waals surface area contributed by atoms with Crippen molar-refractivity contribution in [2.45, 2.75) is 20.5 Å². The Morgan fingerprint density at radius 2 is 2.14 bits per heavy atom. The second kappa shape index (κ2) is 6.15. The van der Waals surface area contributed by atoms with Gasteiger partial charge in [0.15, 0.2) is 0 Å². The van der Waals surface area contributed by atoms with Crippen molar-refractivity contribution in [2.75, 3.05) is 0 Å². The first-order valence-corrected chi connectivity index (χ1v) is 7.73. The number of allylic oxidation sites excluding steroid dienone is 1. The molecule has 0 saturated carbocycles. The quantitative estimate of drug-likeness (QED) is 0.678. The Balaban J connectivity index is 1.80. The maximum absolute atomic E-state index is 11.3. The lowest BCUT2D eigenvalue weighted by Crippen LogP contribution is -1.97. The van der Waals surface area contributed by atoms with Crippen molar-refractivity contribution in [1.82, 2.24) is 4.98 Å². The van der Waals surface area contributed by atoms with Gasteiger partial charge in [-0.2, -0.15) is 0 Å². The largest absolute Gasteiger partial charge is 0.488 e.